The Hall–Kier alpha value is -0.130. The van der Waals surface area contributed by atoms with Crippen molar-refractivity contribution in [2.24, 2.45) is 5.92 Å². The van der Waals surface area contributed by atoms with E-state index < -0.39 is 9.84 Å². The lowest BCUT2D eigenvalue weighted by Gasteiger charge is -2.23. The third-order valence-electron chi connectivity index (χ3n) is 3.79. The molecule has 0 aromatic rings. The number of likely N-dealkylation sites (tertiary alicyclic amines) is 1. The van der Waals surface area contributed by atoms with Crippen LogP contribution in [0.5, 0.6) is 0 Å². The molecular formula is C13H28N2O2S. The summed E-state index contributed by atoms with van der Waals surface area (Å²) in [4.78, 5) is 2.48. The molecule has 1 aliphatic rings. The van der Waals surface area contributed by atoms with Gasteiger partial charge in [-0.15, -0.1) is 0 Å². The van der Waals surface area contributed by atoms with E-state index in [9.17, 15) is 8.42 Å². The molecule has 1 fully saturated rings. The number of rotatable bonds is 6. The van der Waals surface area contributed by atoms with Gasteiger partial charge in [0.1, 0.15) is 9.84 Å². The Balaban J connectivity index is 2.38. The smallest absolute Gasteiger partial charge is 0.147 e. The highest BCUT2D eigenvalue weighted by atomic mass is 32.2. The fourth-order valence-electron chi connectivity index (χ4n) is 2.48. The van der Waals surface area contributed by atoms with Crippen molar-refractivity contribution in [3.05, 3.63) is 0 Å². The van der Waals surface area contributed by atoms with E-state index in [1.165, 1.54) is 6.26 Å². The summed E-state index contributed by atoms with van der Waals surface area (Å²) in [6.45, 7) is 11.0. The second-order valence-corrected chi connectivity index (χ2v) is 8.38. The molecule has 4 nitrogen and oxygen atoms in total. The van der Waals surface area contributed by atoms with Crippen molar-refractivity contribution in [2.45, 2.75) is 52.2 Å². The van der Waals surface area contributed by atoms with E-state index in [4.69, 9.17) is 0 Å². The maximum Gasteiger partial charge on any atom is 0.147 e. The van der Waals surface area contributed by atoms with Crippen LogP contribution >= 0.6 is 0 Å². The lowest BCUT2D eigenvalue weighted by molar-refractivity contribution is 0.262. The summed E-state index contributed by atoms with van der Waals surface area (Å²) in [6, 6.07) is 1.34. The predicted octanol–water partition coefficient (Wildman–Crippen LogP) is 1.13. The van der Waals surface area contributed by atoms with Crippen molar-refractivity contribution in [3.63, 3.8) is 0 Å². The van der Waals surface area contributed by atoms with Gasteiger partial charge in [0.2, 0.25) is 0 Å². The van der Waals surface area contributed by atoms with Crippen LogP contribution in [0.2, 0.25) is 0 Å². The van der Waals surface area contributed by atoms with Crippen molar-refractivity contribution in [2.75, 3.05) is 25.1 Å². The summed E-state index contributed by atoms with van der Waals surface area (Å²) < 4.78 is 22.3. The molecule has 3 atom stereocenters. The van der Waals surface area contributed by atoms with E-state index >= 15 is 0 Å². The zero-order chi connectivity index (χ0) is 13.9. The molecule has 18 heavy (non-hydrogen) atoms. The maximum absolute atomic E-state index is 11.1. The Bertz CT molecular complexity index is 354. The van der Waals surface area contributed by atoms with Gasteiger partial charge in [-0.3, -0.25) is 4.90 Å². The molecular weight excluding hydrogens is 248 g/mol. The average Bonchev–Trinajstić information content (AvgIpc) is 2.57. The van der Waals surface area contributed by atoms with Crippen LogP contribution in [0.4, 0.5) is 0 Å². The monoisotopic (exact) mass is 276 g/mol. The highest BCUT2D eigenvalue weighted by molar-refractivity contribution is 7.90. The van der Waals surface area contributed by atoms with Gasteiger partial charge in [0.15, 0.2) is 0 Å². The van der Waals surface area contributed by atoms with Gasteiger partial charge in [-0.05, 0) is 33.1 Å². The van der Waals surface area contributed by atoms with Crippen molar-refractivity contribution >= 4 is 9.84 Å². The van der Waals surface area contributed by atoms with Gasteiger partial charge < -0.3 is 5.32 Å². The summed E-state index contributed by atoms with van der Waals surface area (Å²) >= 11 is 0. The van der Waals surface area contributed by atoms with Crippen LogP contribution in [0.25, 0.3) is 0 Å². The topological polar surface area (TPSA) is 49.4 Å². The van der Waals surface area contributed by atoms with Crippen LogP contribution in [0, 0.1) is 5.92 Å². The molecule has 1 aliphatic heterocycles. The zero-order valence-electron chi connectivity index (χ0n) is 12.3. The molecule has 0 amide bonds. The first-order chi connectivity index (χ1) is 8.19. The van der Waals surface area contributed by atoms with E-state index in [0.29, 0.717) is 24.4 Å². The van der Waals surface area contributed by atoms with Crippen LogP contribution in [0.15, 0.2) is 0 Å². The third-order valence-corrected chi connectivity index (χ3v) is 4.77. The second-order valence-electron chi connectivity index (χ2n) is 6.12. The quantitative estimate of drug-likeness (QED) is 0.790. The van der Waals surface area contributed by atoms with Gasteiger partial charge in [0.05, 0.1) is 5.75 Å². The minimum Gasteiger partial charge on any atom is -0.310 e. The van der Waals surface area contributed by atoms with Gasteiger partial charge in [-0.2, -0.15) is 0 Å². The highest BCUT2D eigenvalue weighted by Gasteiger charge is 2.31. The Morgan fingerprint density at radius 1 is 1.28 bits per heavy atom. The van der Waals surface area contributed by atoms with Crippen LogP contribution in [0.1, 0.15) is 34.1 Å². The highest BCUT2D eigenvalue weighted by Crippen LogP contribution is 2.19. The molecule has 1 N–H and O–H groups in total. The molecule has 5 heteroatoms. The van der Waals surface area contributed by atoms with Crippen LogP contribution in [-0.4, -0.2) is 56.5 Å². The SMILES string of the molecule is CC(C)N1C[C@@H](C)[C@H](N[C@H](C)CCS(C)(=O)=O)C1. The number of nitrogens with zero attached hydrogens (tertiary/aromatic N) is 1. The lowest BCUT2D eigenvalue weighted by atomic mass is 10.1. The van der Waals surface area contributed by atoms with Crippen molar-refractivity contribution < 1.29 is 8.42 Å². The average molecular weight is 276 g/mol. The summed E-state index contributed by atoms with van der Waals surface area (Å²) in [5, 5.41) is 3.58. The molecule has 108 valence electrons. The fraction of sp³-hybridized carbons (Fsp3) is 1.00. The van der Waals surface area contributed by atoms with E-state index in [0.717, 1.165) is 13.1 Å². The fourth-order valence-corrected chi connectivity index (χ4v) is 3.26. The van der Waals surface area contributed by atoms with Gasteiger partial charge in [-0.25, -0.2) is 8.42 Å². The maximum atomic E-state index is 11.1. The van der Waals surface area contributed by atoms with Crippen LogP contribution < -0.4 is 5.32 Å². The molecule has 0 radical (unpaired) electrons. The Labute approximate surface area is 112 Å². The minimum absolute atomic E-state index is 0.263. The third kappa shape index (κ3) is 5.24. The molecule has 1 rings (SSSR count). The van der Waals surface area contributed by atoms with E-state index in [2.05, 4.69) is 37.9 Å². The van der Waals surface area contributed by atoms with E-state index in [1.54, 1.807) is 0 Å². The number of sulfone groups is 1. The molecule has 0 saturated carbocycles. The molecule has 0 bridgehead atoms. The zero-order valence-corrected chi connectivity index (χ0v) is 13.1. The summed E-state index contributed by atoms with van der Waals surface area (Å²) in [6.07, 6.45) is 2.00. The van der Waals surface area contributed by atoms with Crippen molar-refractivity contribution in [1.29, 1.82) is 0 Å². The molecule has 0 spiro atoms. The first kappa shape index (κ1) is 15.9. The number of nitrogens with one attached hydrogen (secondary N) is 1. The van der Waals surface area contributed by atoms with Crippen LogP contribution in [0.3, 0.4) is 0 Å². The molecule has 1 saturated heterocycles. The predicted molar refractivity (Wildman–Crippen MR) is 76.6 cm³/mol. The van der Waals surface area contributed by atoms with E-state index in [-0.39, 0.29) is 11.8 Å². The minimum atomic E-state index is -2.84. The molecule has 0 aromatic carbocycles. The molecule has 1 heterocycles. The van der Waals surface area contributed by atoms with Crippen molar-refractivity contribution in [3.8, 4) is 0 Å². The molecule has 0 aromatic heterocycles. The summed E-state index contributed by atoms with van der Waals surface area (Å²) in [5.41, 5.74) is 0. The first-order valence-corrected chi connectivity index (χ1v) is 8.93. The van der Waals surface area contributed by atoms with Crippen LogP contribution in [-0.2, 0) is 9.84 Å². The van der Waals surface area contributed by atoms with Gasteiger partial charge in [-0.1, -0.05) is 6.92 Å². The Kier molecular flexibility index (Phi) is 5.62. The number of hydrogen-bond acceptors (Lipinski definition) is 4. The standard InChI is InChI=1S/C13H28N2O2S/c1-10(2)15-8-11(3)13(9-15)14-12(4)6-7-18(5,16)17/h10-14H,6-9H2,1-5H3/t11-,12-,13-/m1/s1. The molecule has 0 aliphatic carbocycles. The van der Waals surface area contributed by atoms with Gasteiger partial charge in [0, 0.05) is 37.5 Å². The van der Waals surface area contributed by atoms with Gasteiger partial charge >= 0.3 is 0 Å². The Morgan fingerprint density at radius 2 is 1.89 bits per heavy atom. The lowest BCUT2D eigenvalue weighted by Crippen LogP contribution is -2.42. The number of hydrogen-bond donors (Lipinski definition) is 1. The molecule has 0 unspecified atom stereocenters. The normalized spacial score (nSPS) is 27.9. The largest absolute Gasteiger partial charge is 0.310 e. The van der Waals surface area contributed by atoms with E-state index in [1.807, 2.05) is 0 Å². The first-order valence-electron chi connectivity index (χ1n) is 6.87. The second kappa shape index (κ2) is 6.35. The Morgan fingerprint density at radius 3 is 2.33 bits per heavy atom. The summed E-state index contributed by atoms with van der Waals surface area (Å²) in [7, 11) is -2.84. The van der Waals surface area contributed by atoms with Crippen molar-refractivity contribution in [1.82, 2.24) is 10.2 Å². The summed E-state index contributed by atoms with van der Waals surface area (Å²) in [5.74, 6) is 0.906. The van der Waals surface area contributed by atoms with Gasteiger partial charge in [0.25, 0.3) is 0 Å².